The third kappa shape index (κ3) is 5.58. The van der Waals surface area contributed by atoms with Crippen molar-refractivity contribution in [2.75, 3.05) is 13.6 Å². The van der Waals surface area contributed by atoms with Crippen molar-refractivity contribution in [3.05, 3.63) is 29.8 Å². The lowest BCUT2D eigenvalue weighted by atomic mass is 10.2. The molecule has 0 aliphatic carbocycles. The summed E-state index contributed by atoms with van der Waals surface area (Å²) in [6.07, 6.45) is 2.18. The lowest BCUT2D eigenvalue weighted by Crippen LogP contribution is -2.37. The number of unbranched alkanes of at least 4 members (excludes halogenated alkanes) is 1. The van der Waals surface area contributed by atoms with Crippen molar-refractivity contribution in [2.45, 2.75) is 31.2 Å². The Kier molecular flexibility index (Phi) is 6.47. The fourth-order valence-corrected chi connectivity index (χ4v) is 2.21. The minimum Gasteiger partial charge on any atom is -0.356 e. The molecule has 0 heterocycles. The maximum absolute atomic E-state index is 11.3. The molecule has 1 aromatic carbocycles. The Morgan fingerprint density at radius 3 is 2.70 bits per heavy atom. The van der Waals surface area contributed by atoms with Crippen LogP contribution in [0.1, 0.15) is 25.3 Å². The first kappa shape index (κ1) is 16.5. The fourth-order valence-electron chi connectivity index (χ4n) is 1.62. The van der Waals surface area contributed by atoms with Crippen LogP contribution in [0.15, 0.2) is 34.2 Å². The van der Waals surface area contributed by atoms with Crippen LogP contribution in [0.3, 0.4) is 0 Å². The lowest BCUT2D eigenvalue weighted by molar-refractivity contribution is 0.597. The fraction of sp³-hybridized carbons (Fsp3) is 0.462. The third-order valence-corrected chi connectivity index (χ3v) is 3.64. The molecule has 0 radical (unpaired) electrons. The largest absolute Gasteiger partial charge is 0.356 e. The van der Waals surface area contributed by atoms with Gasteiger partial charge in [0.25, 0.3) is 0 Å². The second kappa shape index (κ2) is 7.86. The number of aliphatic imine (C=N–C) groups is 1. The normalized spacial score (nSPS) is 12.2. The number of hydrogen-bond acceptors (Lipinski definition) is 3. The van der Waals surface area contributed by atoms with Gasteiger partial charge >= 0.3 is 0 Å². The number of nitrogens with one attached hydrogen (secondary N) is 2. The number of primary sulfonamides is 1. The molecule has 1 aromatic rings. The van der Waals surface area contributed by atoms with Gasteiger partial charge in [0, 0.05) is 20.1 Å². The van der Waals surface area contributed by atoms with Crippen LogP contribution in [0.25, 0.3) is 0 Å². The van der Waals surface area contributed by atoms with E-state index in [1.807, 2.05) is 6.07 Å². The van der Waals surface area contributed by atoms with E-state index in [1.54, 1.807) is 19.2 Å². The highest BCUT2D eigenvalue weighted by molar-refractivity contribution is 7.89. The first-order valence-electron chi connectivity index (χ1n) is 6.53. The van der Waals surface area contributed by atoms with Gasteiger partial charge in [-0.05, 0) is 24.1 Å². The molecule has 0 aliphatic rings. The molecule has 7 heteroatoms. The summed E-state index contributed by atoms with van der Waals surface area (Å²) in [6, 6.07) is 6.54. The smallest absolute Gasteiger partial charge is 0.238 e. The van der Waals surface area contributed by atoms with E-state index >= 15 is 0 Å². The highest BCUT2D eigenvalue weighted by atomic mass is 32.2. The second-order valence-electron chi connectivity index (χ2n) is 4.40. The van der Waals surface area contributed by atoms with Crippen molar-refractivity contribution in [3.63, 3.8) is 0 Å². The highest BCUT2D eigenvalue weighted by Gasteiger charge is 2.07. The van der Waals surface area contributed by atoms with Gasteiger partial charge in [0.05, 0.1) is 4.90 Å². The summed E-state index contributed by atoms with van der Waals surface area (Å²) >= 11 is 0. The number of sulfonamides is 1. The van der Waals surface area contributed by atoms with Crippen molar-refractivity contribution in [1.29, 1.82) is 0 Å². The highest BCUT2D eigenvalue weighted by Crippen LogP contribution is 2.09. The standard InChI is InChI=1S/C13H22N4O2S/c1-3-4-8-16-13(15-2)17-10-11-6-5-7-12(9-11)20(14,18)19/h5-7,9H,3-4,8,10H2,1-2H3,(H2,14,18,19)(H2,15,16,17). The summed E-state index contributed by atoms with van der Waals surface area (Å²) < 4.78 is 22.6. The van der Waals surface area contributed by atoms with Crippen LogP contribution in [-0.2, 0) is 16.6 Å². The minimum absolute atomic E-state index is 0.116. The Labute approximate surface area is 120 Å². The van der Waals surface area contributed by atoms with Gasteiger partial charge in [0.2, 0.25) is 10.0 Å². The number of hydrogen-bond donors (Lipinski definition) is 3. The van der Waals surface area contributed by atoms with Crippen LogP contribution in [-0.4, -0.2) is 28.0 Å². The summed E-state index contributed by atoms with van der Waals surface area (Å²) in [4.78, 5) is 4.21. The van der Waals surface area contributed by atoms with Crippen LogP contribution < -0.4 is 15.8 Å². The van der Waals surface area contributed by atoms with E-state index in [2.05, 4.69) is 22.5 Å². The van der Waals surface area contributed by atoms with E-state index in [-0.39, 0.29) is 4.90 Å². The van der Waals surface area contributed by atoms with E-state index in [1.165, 1.54) is 6.07 Å². The average molecular weight is 298 g/mol. The maximum Gasteiger partial charge on any atom is 0.238 e. The summed E-state index contributed by atoms with van der Waals surface area (Å²) in [7, 11) is -1.96. The van der Waals surface area contributed by atoms with Crippen molar-refractivity contribution in [3.8, 4) is 0 Å². The molecule has 0 atom stereocenters. The zero-order valence-electron chi connectivity index (χ0n) is 11.9. The Hall–Kier alpha value is -1.60. The van der Waals surface area contributed by atoms with Gasteiger partial charge < -0.3 is 10.6 Å². The molecule has 1 rings (SSSR count). The van der Waals surface area contributed by atoms with Crippen LogP contribution in [0.5, 0.6) is 0 Å². The van der Waals surface area contributed by atoms with E-state index in [4.69, 9.17) is 5.14 Å². The van der Waals surface area contributed by atoms with Gasteiger partial charge in [0.1, 0.15) is 0 Å². The maximum atomic E-state index is 11.3. The monoisotopic (exact) mass is 298 g/mol. The van der Waals surface area contributed by atoms with Crippen molar-refractivity contribution in [2.24, 2.45) is 10.1 Å². The molecule has 20 heavy (non-hydrogen) atoms. The number of nitrogens with two attached hydrogens (primary N) is 1. The van der Waals surface area contributed by atoms with Gasteiger partial charge in [-0.2, -0.15) is 0 Å². The molecule has 0 unspecified atom stereocenters. The van der Waals surface area contributed by atoms with E-state index < -0.39 is 10.0 Å². The quantitative estimate of drug-likeness (QED) is 0.411. The molecule has 0 saturated heterocycles. The summed E-state index contributed by atoms with van der Waals surface area (Å²) in [5.74, 6) is 0.694. The topological polar surface area (TPSA) is 96.6 Å². The average Bonchev–Trinajstić information content (AvgIpc) is 2.42. The van der Waals surface area contributed by atoms with Crippen LogP contribution in [0, 0.1) is 0 Å². The van der Waals surface area contributed by atoms with Crippen molar-refractivity contribution < 1.29 is 8.42 Å². The molecule has 0 fully saturated rings. The number of nitrogens with zero attached hydrogens (tertiary/aromatic N) is 1. The molecule has 0 aromatic heterocycles. The predicted octanol–water partition coefficient (Wildman–Crippen LogP) is 0.799. The van der Waals surface area contributed by atoms with Crippen LogP contribution in [0.2, 0.25) is 0 Å². The summed E-state index contributed by atoms with van der Waals surface area (Å²) in [6.45, 7) is 3.46. The van der Waals surface area contributed by atoms with Crippen LogP contribution >= 0.6 is 0 Å². The summed E-state index contributed by atoms with van der Waals surface area (Å²) in [5.41, 5.74) is 0.829. The molecular weight excluding hydrogens is 276 g/mol. The van der Waals surface area contributed by atoms with Gasteiger partial charge in [-0.25, -0.2) is 13.6 Å². The van der Waals surface area contributed by atoms with Gasteiger partial charge in [-0.3, -0.25) is 4.99 Å². The first-order chi connectivity index (χ1) is 9.47. The first-order valence-corrected chi connectivity index (χ1v) is 8.08. The second-order valence-corrected chi connectivity index (χ2v) is 5.96. The Morgan fingerprint density at radius 2 is 2.10 bits per heavy atom. The molecule has 4 N–H and O–H groups in total. The predicted molar refractivity (Wildman–Crippen MR) is 80.9 cm³/mol. The zero-order valence-corrected chi connectivity index (χ0v) is 12.7. The molecule has 0 aliphatic heterocycles. The minimum atomic E-state index is -3.66. The number of benzene rings is 1. The molecular formula is C13H22N4O2S. The van der Waals surface area contributed by atoms with Gasteiger partial charge in [-0.1, -0.05) is 25.5 Å². The zero-order chi connectivity index (χ0) is 15.0. The molecule has 0 spiro atoms. The SMILES string of the molecule is CCCCNC(=NC)NCc1cccc(S(N)(=O)=O)c1. The lowest BCUT2D eigenvalue weighted by Gasteiger charge is -2.12. The molecule has 6 nitrogen and oxygen atoms in total. The number of guanidine groups is 1. The molecule has 112 valence electrons. The van der Waals surface area contributed by atoms with Crippen molar-refractivity contribution in [1.82, 2.24) is 10.6 Å². The molecule has 0 saturated carbocycles. The van der Waals surface area contributed by atoms with Crippen molar-refractivity contribution >= 4 is 16.0 Å². The molecule has 0 amide bonds. The van der Waals surface area contributed by atoms with E-state index in [0.29, 0.717) is 12.5 Å². The Balaban J connectivity index is 2.61. The van der Waals surface area contributed by atoms with Gasteiger partial charge in [0.15, 0.2) is 5.96 Å². The van der Waals surface area contributed by atoms with Crippen LogP contribution in [0.4, 0.5) is 0 Å². The van der Waals surface area contributed by atoms with E-state index in [9.17, 15) is 8.42 Å². The van der Waals surface area contributed by atoms with Gasteiger partial charge in [-0.15, -0.1) is 0 Å². The summed E-state index contributed by atoms with van der Waals surface area (Å²) in [5, 5.41) is 11.4. The Morgan fingerprint density at radius 1 is 1.35 bits per heavy atom. The number of rotatable bonds is 6. The van der Waals surface area contributed by atoms with E-state index in [0.717, 1.165) is 24.9 Å². The third-order valence-electron chi connectivity index (χ3n) is 2.73. The Bertz CT molecular complexity index is 555. The molecule has 0 bridgehead atoms.